The maximum absolute atomic E-state index is 13.1. The lowest BCUT2D eigenvalue weighted by Gasteiger charge is -2.52. The molecule has 11 heteroatoms. The number of piperidine rings is 1. The number of aromatic nitrogens is 2. The Kier molecular flexibility index (Phi) is 4.96. The van der Waals surface area contributed by atoms with Crippen molar-refractivity contribution in [1.29, 1.82) is 0 Å². The molecule has 3 amide bonds. The quantitative estimate of drug-likeness (QED) is 0.782. The molecule has 3 aliphatic heterocycles. The molecule has 1 spiro atoms. The second kappa shape index (κ2) is 7.19. The summed E-state index contributed by atoms with van der Waals surface area (Å²) in [5.74, 6) is -0.0955. The zero-order valence-electron chi connectivity index (χ0n) is 16.2. The van der Waals surface area contributed by atoms with Crippen LogP contribution in [0.4, 0.5) is 18.0 Å². The van der Waals surface area contributed by atoms with Crippen LogP contribution in [0.25, 0.3) is 0 Å². The Morgan fingerprint density at radius 3 is 2.62 bits per heavy atom. The van der Waals surface area contributed by atoms with Gasteiger partial charge in [-0.3, -0.25) is 9.48 Å². The van der Waals surface area contributed by atoms with E-state index in [-0.39, 0.29) is 30.2 Å². The third-order valence-electron chi connectivity index (χ3n) is 6.01. The van der Waals surface area contributed by atoms with E-state index < -0.39 is 17.3 Å². The number of likely N-dealkylation sites (tertiary alicyclic amines) is 2. The molecular formula is C18H24F3N5O3. The summed E-state index contributed by atoms with van der Waals surface area (Å²) in [5, 5.41) is 6.66. The fraction of sp³-hybridized carbons (Fsp3) is 0.722. The molecule has 1 N–H and O–H groups in total. The standard InChI is InChI=1S/C18H24F3N5O3/c1-24-14(13(7-22-24)18(19,20)21)6-12-2-4-25(5-3-12)16(28)26-9-17(10-26)11-29-8-15(27)23-17/h7,12H,2-6,8-11H2,1H3,(H,23,27). The summed E-state index contributed by atoms with van der Waals surface area (Å²) in [4.78, 5) is 27.6. The van der Waals surface area contributed by atoms with Gasteiger partial charge in [-0.25, -0.2) is 4.79 Å². The number of carbonyl (C=O) groups is 2. The van der Waals surface area contributed by atoms with Gasteiger partial charge in [-0.15, -0.1) is 0 Å². The van der Waals surface area contributed by atoms with E-state index in [2.05, 4.69) is 10.4 Å². The molecule has 29 heavy (non-hydrogen) atoms. The van der Waals surface area contributed by atoms with Gasteiger partial charge < -0.3 is 19.9 Å². The van der Waals surface area contributed by atoms with E-state index >= 15 is 0 Å². The molecule has 3 fully saturated rings. The van der Waals surface area contributed by atoms with Crippen LogP contribution in [0.1, 0.15) is 24.1 Å². The highest BCUT2D eigenvalue weighted by molar-refractivity contribution is 5.81. The average Bonchev–Trinajstić information content (AvgIpc) is 3.00. The molecule has 160 valence electrons. The van der Waals surface area contributed by atoms with E-state index in [9.17, 15) is 22.8 Å². The molecule has 0 radical (unpaired) electrons. The molecule has 4 heterocycles. The van der Waals surface area contributed by atoms with Crippen LogP contribution in [0.5, 0.6) is 0 Å². The lowest BCUT2D eigenvalue weighted by atomic mass is 9.89. The minimum Gasteiger partial charge on any atom is -0.369 e. The summed E-state index contributed by atoms with van der Waals surface area (Å²) in [5.41, 5.74) is -0.960. The van der Waals surface area contributed by atoms with Crippen molar-refractivity contribution in [3.8, 4) is 0 Å². The lowest BCUT2D eigenvalue weighted by Crippen LogP contribution is -2.76. The van der Waals surface area contributed by atoms with Gasteiger partial charge in [0.2, 0.25) is 5.91 Å². The van der Waals surface area contributed by atoms with Crippen molar-refractivity contribution in [2.24, 2.45) is 13.0 Å². The Hall–Kier alpha value is -2.30. The van der Waals surface area contributed by atoms with Crippen molar-refractivity contribution in [3.05, 3.63) is 17.5 Å². The number of nitrogens with one attached hydrogen (secondary N) is 1. The minimum absolute atomic E-state index is 0.0515. The summed E-state index contributed by atoms with van der Waals surface area (Å²) >= 11 is 0. The first-order valence-electron chi connectivity index (χ1n) is 9.67. The molecule has 0 saturated carbocycles. The number of hydrogen-bond donors (Lipinski definition) is 1. The third kappa shape index (κ3) is 3.92. The van der Waals surface area contributed by atoms with Crippen molar-refractivity contribution in [2.75, 3.05) is 39.4 Å². The van der Waals surface area contributed by atoms with Gasteiger partial charge in [0.05, 0.1) is 29.6 Å². The second-order valence-corrected chi connectivity index (χ2v) is 8.22. The van der Waals surface area contributed by atoms with Crippen LogP contribution in [0.15, 0.2) is 6.20 Å². The maximum atomic E-state index is 13.1. The fourth-order valence-electron chi connectivity index (χ4n) is 4.44. The van der Waals surface area contributed by atoms with Crippen LogP contribution >= 0.6 is 0 Å². The normalized spacial score (nSPS) is 22.6. The van der Waals surface area contributed by atoms with Crippen molar-refractivity contribution in [3.63, 3.8) is 0 Å². The first-order chi connectivity index (χ1) is 13.7. The Morgan fingerprint density at radius 2 is 2.00 bits per heavy atom. The zero-order valence-corrected chi connectivity index (χ0v) is 16.2. The molecular weight excluding hydrogens is 391 g/mol. The molecule has 1 aromatic heterocycles. The average molecular weight is 415 g/mol. The summed E-state index contributed by atoms with van der Waals surface area (Å²) in [6.45, 7) is 2.31. The van der Waals surface area contributed by atoms with Crippen LogP contribution in [0.3, 0.4) is 0 Å². The van der Waals surface area contributed by atoms with Crippen LogP contribution < -0.4 is 5.32 Å². The fourth-order valence-corrected chi connectivity index (χ4v) is 4.44. The topological polar surface area (TPSA) is 79.7 Å². The highest BCUT2D eigenvalue weighted by atomic mass is 19.4. The van der Waals surface area contributed by atoms with Gasteiger partial charge in [0, 0.05) is 33.2 Å². The lowest BCUT2D eigenvalue weighted by molar-refractivity contribution is -0.141. The largest absolute Gasteiger partial charge is 0.419 e. The third-order valence-corrected chi connectivity index (χ3v) is 6.01. The first kappa shape index (κ1) is 20.0. The summed E-state index contributed by atoms with van der Waals surface area (Å²) in [6.07, 6.45) is -1.95. The van der Waals surface area contributed by atoms with Crippen LogP contribution in [-0.4, -0.2) is 76.5 Å². The predicted molar refractivity (Wildman–Crippen MR) is 94.9 cm³/mol. The van der Waals surface area contributed by atoms with Gasteiger partial charge >= 0.3 is 12.2 Å². The number of alkyl halides is 3. The molecule has 4 rings (SSSR count). The van der Waals surface area contributed by atoms with Gasteiger partial charge in [0.15, 0.2) is 0 Å². The monoisotopic (exact) mass is 415 g/mol. The molecule has 0 bridgehead atoms. The van der Waals surface area contributed by atoms with E-state index in [1.54, 1.807) is 9.80 Å². The highest BCUT2D eigenvalue weighted by Crippen LogP contribution is 2.34. The van der Waals surface area contributed by atoms with Crippen LogP contribution in [-0.2, 0) is 29.2 Å². The second-order valence-electron chi connectivity index (χ2n) is 8.22. The highest BCUT2D eigenvalue weighted by Gasteiger charge is 2.49. The van der Waals surface area contributed by atoms with Crippen molar-refractivity contribution in [1.82, 2.24) is 24.9 Å². The SMILES string of the molecule is Cn1ncc(C(F)(F)F)c1CC1CCN(C(=O)N2CC3(COCC(=O)N3)C2)CC1. The van der Waals surface area contributed by atoms with Crippen molar-refractivity contribution < 1.29 is 27.5 Å². The number of morpholine rings is 1. The minimum atomic E-state index is -4.41. The van der Waals surface area contributed by atoms with Gasteiger partial charge in [-0.05, 0) is 25.2 Å². The van der Waals surface area contributed by atoms with E-state index in [1.165, 1.54) is 11.7 Å². The molecule has 3 saturated heterocycles. The number of halogens is 3. The smallest absolute Gasteiger partial charge is 0.369 e. The molecule has 3 aliphatic rings. The van der Waals surface area contributed by atoms with Gasteiger partial charge in [-0.2, -0.15) is 18.3 Å². The number of carbonyl (C=O) groups excluding carboxylic acids is 2. The number of nitrogens with zero attached hydrogens (tertiary/aromatic N) is 4. The van der Waals surface area contributed by atoms with E-state index in [0.29, 0.717) is 52.0 Å². The Labute approximate surface area is 165 Å². The number of ether oxygens (including phenoxy) is 1. The van der Waals surface area contributed by atoms with Crippen molar-refractivity contribution in [2.45, 2.75) is 31.0 Å². The molecule has 0 unspecified atom stereocenters. The molecule has 8 nitrogen and oxygen atoms in total. The first-order valence-corrected chi connectivity index (χ1v) is 9.67. The summed E-state index contributed by atoms with van der Waals surface area (Å²) in [6, 6.07) is -0.0922. The number of rotatable bonds is 2. The van der Waals surface area contributed by atoms with E-state index in [1.807, 2.05) is 0 Å². The van der Waals surface area contributed by atoms with Crippen LogP contribution in [0, 0.1) is 5.92 Å². The van der Waals surface area contributed by atoms with Crippen molar-refractivity contribution >= 4 is 11.9 Å². The number of hydrogen-bond acceptors (Lipinski definition) is 4. The van der Waals surface area contributed by atoms with E-state index in [4.69, 9.17) is 4.74 Å². The maximum Gasteiger partial charge on any atom is 0.419 e. The molecule has 0 atom stereocenters. The summed E-state index contributed by atoms with van der Waals surface area (Å²) < 4.78 is 46.0. The Bertz CT molecular complexity index is 795. The Morgan fingerprint density at radius 1 is 1.31 bits per heavy atom. The number of urea groups is 1. The number of aryl methyl sites for hydroxylation is 1. The molecule has 0 aromatic carbocycles. The number of amides is 3. The molecule has 0 aliphatic carbocycles. The van der Waals surface area contributed by atoms with Gasteiger partial charge in [-0.1, -0.05) is 0 Å². The van der Waals surface area contributed by atoms with Gasteiger partial charge in [0.1, 0.15) is 6.61 Å². The van der Waals surface area contributed by atoms with Gasteiger partial charge in [0.25, 0.3) is 0 Å². The predicted octanol–water partition coefficient (Wildman–Crippen LogP) is 1.01. The summed E-state index contributed by atoms with van der Waals surface area (Å²) in [7, 11) is 1.52. The van der Waals surface area contributed by atoms with Crippen LogP contribution in [0.2, 0.25) is 0 Å². The Balaban J connectivity index is 1.29. The molecule has 1 aromatic rings. The zero-order chi connectivity index (χ0) is 20.8. The van der Waals surface area contributed by atoms with E-state index in [0.717, 1.165) is 6.20 Å².